The fourth-order valence-electron chi connectivity index (χ4n) is 2.20. The molecule has 6 nitrogen and oxygen atoms in total. The number of carbonyl (C=O) groups is 3. The molecule has 6 heteroatoms. The normalized spacial score (nSPS) is 22.5. The number of aromatic amines is 1. The Balaban J connectivity index is 2.13. The number of nitrogens with zero attached hydrogens (tertiary/aromatic N) is 1. The molecule has 1 saturated heterocycles. The molecule has 2 rings (SSSR count). The van der Waals surface area contributed by atoms with Gasteiger partial charge in [-0.25, -0.2) is 0 Å². The van der Waals surface area contributed by atoms with Crippen LogP contribution in [0.2, 0.25) is 0 Å². The number of Topliss-reactive ketones (excluding diaryl/α,β-unsaturated/α-hetero) is 1. The average molecular weight is 264 g/mol. The van der Waals surface area contributed by atoms with E-state index in [0.717, 1.165) is 0 Å². The molecule has 0 aliphatic carbocycles. The van der Waals surface area contributed by atoms with Crippen LogP contribution >= 0.6 is 0 Å². The van der Waals surface area contributed by atoms with Crippen molar-refractivity contribution >= 4 is 17.7 Å². The lowest BCUT2D eigenvalue weighted by atomic mass is 9.90. The molecular formula is C13H16N2O4. The van der Waals surface area contributed by atoms with E-state index in [4.69, 9.17) is 5.11 Å². The summed E-state index contributed by atoms with van der Waals surface area (Å²) in [4.78, 5) is 38.8. The van der Waals surface area contributed by atoms with Crippen molar-refractivity contribution in [2.24, 2.45) is 5.41 Å². The van der Waals surface area contributed by atoms with E-state index in [-0.39, 0.29) is 18.2 Å². The van der Waals surface area contributed by atoms with Crippen LogP contribution in [0.15, 0.2) is 12.3 Å². The molecule has 0 radical (unpaired) electrons. The summed E-state index contributed by atoms with van der Waals surface area (Å²) in [6.07, 6.45) is 1.93. The fourth-order valence-corrected chi connectivity index (χ4v) is 2.20. The second-order valence-corrected chi connectivity index (χ2v) is 5.20. The Labute approximate surface area is 110 Å². The number of aromatic nitrogens is 1. The predicted molar refractivity (Wildman–Crippen MR) is 67.1 cm³/mol. The third-order valence-electron chi connectivity index (χ3n) is 3.60. The van der Waals surface area contributed by atoms with Crippen molar-refractivity contribution in [2.75, 3.05) is 13.1 Å². The number of rotatable bonds is 3. The molecule has 19 heavy (non-hydrogen) atoms. The van der Waals surface area contributed by atoms with Crippen LogP contribution in [0.1, 0.15) is 41.1 Å². The van der Waals surface area contributed by atoms with Gasteiger partial charge in [0.1, 0.15) is 5.69 Å². The zero-order valence-electron chi connectivity index (χ0n) is 10.9. The first-order chi connectivity index (χ1) is 8.83. The maximum atomic E-state index is 12.2. The van der Waals surface area contributed by atoms with E-state index in [1.165, 1.54) is 24.1 Å². The van der Waals surface area contributed by atoms with Gasteiger partial charge in [0.15, 0.2) is 5.78 Å². The molecule has 0 aromatic carbocycles. The molecular weight excluding hydrogens is 248 g/mol. The third-order valence-corrected chi connectivity index (χ3v) is 3.60. The van der Waals surface area contributed by atoms with Crippen LogP contribution in [0.3, 0.4) is 0 Å². The van der Waals surface area contributed by atoms with Gasteiger partial charge in [-0.05, 0) is 26.3 Å². The Kier molecular flexibility index (Phi) is 3.18. The Morgan fingerprint density at radius 2 is 2.11 bits per heavy atom. The minimum atomic E-state index is -0.890. The van der Waals surface area contributed by atoms with Crippen LogP contribution in [0, 0.1) is 5.41 Å². The second kappa shape index (κ2) is 4.53. The molecule has 0 spiro atoms. The monoisotopic (exact) mass is 264 g/mol. The van der Waals surface area contributed by atoms with E-state index in [0.29, 0.717) is 24.2 Å². The molecule has 1 fully saturated rings. The average Bonchev–Trinajstić information content (AvgIpc) is 2.95. The molecule has 2 heterocycles. The molecule has 1 aliphatic rings. The fraction of sp³-hybridized carbons (Fsp3) is 0.462. The van der Waals surface area contributed by atoms with Crippen molar-refractivity contribution in [2.45, 2.75) is 20.3 Å². The van der Waals surface area contributed by atoms with Gasteiger partial charge in [0.25, 0.3) is 5.91 Å². The maximum absolute atomic E-state index is 12.2. The molecule has 1 aromatic rings. The van der Waals surface area contributed by atoms with E-state index >= 15 is 0 Å². The Hall–Kier alpha value is -2.11. The van der Waals surface area contributed by atoms with Gasteiger partial charge in [-0.3, -0.25) is 14.4 Å². The Morgan fingerprint density at radius 1 is 1.42 bits per heavy atom. The molecule has 1 unspecified atom stereocenters. The van der Waals surface area contributed by atoms with Crippen molar-refractivity contribution in [1.82, 2.24) is 9.88 Å². The van der Waals surface area contributed by atoms with Crippen molar-refractivity contribution in [3.8, 4) is 0 Å². The second-order valence-electron chi connectivity index (χ2n) is 5.20. The van der Waals surface area contributed by atoms with Gasteiger partial charge >= 0.3 is 5.97 Å². The molecule has 1 atom stereocenters. The number of carboxylic acid groups (broad SMARTS) is 1. The first-order valence-electron chi connectivity index (χ1n) is 6.05. The summed E-state index contributed by atoms with van der Waals surface area (Å²) in [6.45, 7) is 3.67. The Morgan fingerprint density at radius 3 is 2.58 bits per heavy atom. The lowest BCUT2D eigenvalue weighted by Gasteiger charge is -2.19. The van der Waals surface area contributed by atoms with E-state index in [9.17, 15) is 14.4 Å². The molecule has 1 aliphatic heterocycles. The van der Waals surface area contributed by atoms with Gasteiger partial charge in [0.2, 0.25) is 0 Å². The molecule has 0 saturated carbocycles. The van der Waals surface area contributed by atoms with Gasteiger partial charge in [-0.2, -0.15) is 0 Å². The largest absolute Gasteiger partial charge is 0.481 e. The summed E-state index contributed by atoms with van der Waals surface area (Å²) in [7, 11) is 0. The highest BCUT2D eigenvalue weighted by Crippen LogP contribution is 2.30. The van der Waals surface area contributed by atoms with Crippen LogP contribution in [0.4, 0.5) is 0 Å². The van der Waals surface area contributed by atoms with E-state index in [1.807, 2.05) is 0 Å². The van der Waals surface area contributed by atoms with Crippen molar-refractivity contribution in [3.05, 3.63) is 23.5 Å². The summed E-state index contributed by atoms with van der Waals surface area (Å²) in [5.41, 5.74) is -0.116. The van der Waals surface area contributed by atoms with E-state index < -0.39 is 11.4 Å². The van der Waals surface area contributed by atoms with Gasteiger partial charge in [-0.1, -0.05) is 0 Å². The summed E-state index contributed by atoms with van der Waals surface area (Å²) >= 11 is 0. The lowest BCUT2D eigenvalue weighted by Crippen LogP contribution is -2.35. The number of amides is 1. The van der Waals surface area contributed by atoms with Crippen LogP contribution in [0.5, 0.6) is 0 Å². The van der Waals surface area contributed by atoms with Gasteiger partial charge in [-0.15, -0.1) is 0 Å². The zero-order chi connectivity index (χ0) is 14.2. The zero-order valence-corrected chi connectivity index (χ0v) is 10.9. The summed E-state index contributed by atoms with van der Waals surface area (Å²) < 4.78 is 0. The van der Waals surface area contributed by atoms with E-state index in [1.54, 1.807) is 6.92 Å². The van der Waals surface area contributed by atoms with E-state index in [2.05, 4.69) is 4.98 Å². The smallest absolute Gasteiger partial charge is 0.311 e. The number of H-pyrrole nitrogens is 1. The number of ketones is 1. The number of carbonyl (C=O) groups excluding carboxylic acids is 2. The van der Waals surface area contributed by atoms with Crippen molar-refractivity contribution in [3.63, 3.8) is 0 Å². The highest BCUT2D eigenvalue weighted by atomic mass is 16.4. The van der Waals surface area contributed by atoms with Crippen LogP contribution in [-0.2, 0) is 4.79 Å². The van der Waals surface area contributed by atoms with Crippen LogP contribution < -0.4 is 0 Å². The molecule has 0 bridgehead atoms. The predicted octanol–water partition coefficient (Wildman–Crippen LogP) is 1.15. The molecule has 1 amide bonds. The SMILES string of the molecule is CC(=O)c1c[nH]c(C(=O)N2CCC(C)(C(=O)O)C2)c1. The molecule has 1 aromatic heterocycles. The third kappa shape index (κ3) is 2.38. The van der Waals surface area contributed by atoms with Gasteiger partial charge < -0.3 is 15.0 Å². The van der Waals surface area contributed by atoms with Crippen molar-refractivity contribution < 1.29 is 19.5 Å². The number of likely N-dealkylation sites (tertiary alicyclic amines) is 1. The number of aliphatic carboxylic acids is 1. The Bertz CT molecular complexity index is 549. The van der Waals surface area contributed by atoms with Crippen LogP contribution in [-0.4, -0.2) is 45.7 Å². The number of hydrogen-bond acceptors (Lipinski definition) is 3. The first kappa shape index (κ1) is 13.3. The molecule has 2 N–H and O–H groups in total. The number of hydrogen-bond donors (Lipinski definition) is 2. The summed E-state index contributed by atoms with van der Waals surface area (Å²) in [5.74, 6) is -1.27. The highest BCUT2D eigenvalue weighted by molar-refractivity contribution is 5.99. The quantitative estimate of drug-likeness (QED) is 0.801. The van der Waals surface area contributed by atoms with Crippen molar-refractivity contribution in [1.29, 1.82) is 0 Å². The van der Waals surface area contributed by atoms with Gasteiger partial charge in [0, 0.05) is 24.8 Å². The van der Waals surface area contributed by atoms with Gasteiger partial charge in [0.05, 0.1) is 5.41 Å². The minimum absolute atomic E-state index is 0.118. The summed E-state index contributed by atoms with van der Waals surface area (Å²) in [5, 5.41) is 9.13. The first-order valence-corrected chi connectivity index (χ1v) is 6.05. The highest BCUT2D eigenvalue weighted by Gasteiger charge is 2.42. The number of nitrogens with one attached hydrogen (secondary N) is 1. The standard InChI is InChI=1S/C13H16N2O4/c1-8(16)9-5-10(14-6-9)11(17)15-4-3-13(2,7-15)12(18)19/h5-6,14H,3-4,7H2,1-2H3,(H,18,19). The maximum Gasteiger partial charge on any atom is 0.311 e. The lowest BCUT2D eigenvalue weighted by molar-refractivity contribution is -0.147. The van der Waals surface area contributed by atoms with Crippen LogP contribution in [0.25, 0.3) is 0 Å². The molecule has 102 valence electrons. The number of carboxylic acids is 1. The summed E-state index contributed by atoms with van der Waals surface area (Å²) in [6, 6.07) is 1.50. The minimum Gasteiger partial charge on any atom is -0.481 e. The topological polar surface area (TPSA) is 90.5 Å².